The molecule has 1 unspecified atom stereocenters. The molecule has 0 aliphatic carbocycles. The van der Waals surface area contributed by atoms with Crippen LogP contribution in [0.3, 0.4) is 0 Å². The zero-order chi connectivity index (χ0) is 35.4. The molecular weight excluding hydrogens is 627 g/mol. The molecule has 0 aliphatic heterocycles. The summed E-state index contributed by atoms with van der Waals surface area (Å²) < 4.78 is 26.3. The van der Waals surface area contributed by atoms with Gasteiger partial charge in [0, 0.05) is 12.8 Å². The summed E-state index contributed by atoms with van der Waals surface area (Å²) in [5, 5.41) is 0. The first-order chi connectivity index (χ1) is 23.3. The summed E-state index contributed by atoms with van der Waals surface area (Å²) in [4.78, 5) is 42.7. The average molecular weight is 695 g/mol. The molecule has 0 fully saturated rings. The minimum Gasteiger partial charge on any atom is -0.462 e. The van der Waals surface area contributed by atoms with Crippen LogP contribution in [-0.2, 0) is 28.2 Å². The first kappa shape index (κ1) is 45.8. The zero-order valence-electron chi connectivity index (χ0n) is 30.1. The number of allylic oxidation sites excluding steroid dienone is 10. The van der Waals surface area contributed by atoms with Gasteiger partial charge in [-0.2, -0.15) is 0 Å². The van der Waals surface area contributed by atoms with Crippen molar-refractivity contribution in [2.45, 2.75) is 161 Å². The summed E-state index contributed by atoms with van der Waals surface area (Å²) in [5.41, 5.74) is 0. The van der Waals surface area contributed by atoms with Gasteiger partial charge in [-0.25, -0.2) is 4.57 Å². The Kier molecular flexibility index (Phi) is 33.0. The average Bonchev–Trinajstić information content (AvgIpc) is 3.05. The lowest BCUT2D eigenvalue weighted by Gasteiger charge is -2.18. The summed E-state index contributed by atoms with van der Waals surface area (Å²) in [5.74, 6) is -0.927. The predicted molar refractivity (Wildman–Crippen MR) is 197 cm³/mol. The van der Waals surface area contributed by atoms with Crippen molar-refractivity contribution in [3.05, 3.63) is 60.8 Å². The Labute approximate surface area is 292 Å². The van der Waals surface area contributed by atoms with Crippen LogP contribution in [0.1, 0.15) is 155 Å². The van der Waals surface area contributed by atoms with E-state index in [1.807, 2.05) is 0 Å². The van der Waals surface area contributed by atoms with Gasteiger partial charge in [-0.1, -0.05) is 126 Å². The molecule has 0 aliphatic rings. The Bertz CT molecular complexity index is 963. The van der Waals surface area contributed by atoms with Gasteiger partial charge in [-0.3, -0.25) is 14.1 Å². The van der Waals surface area contributed by atoms with E-state index in [1.165, 1.54) is 25.7 Å². The number of ether oxygens (including phenoxy) is 2. The van der Waals surface area contributed by atoms with Crippen LogP contribution in [0.2, 0.25) is 0 Å². The van der Waals surface area contributed by atoms with Gasteiger partial charge in [0.05, 0.1) is 6.61 Å². The monoisotopic (exact) mass is 694 g/mol. The van der Waals surface area contributed by atoms with Crippen LogP contribution in [0, 0.1) is 0 Å². The molecule has 1 atom stereocenters. The maximum atomic E-state index is 12.3. The zero-order valence-corrected chi connectivity index (χ0v) is 31.0. The second-order valence-electron chi connectivity index (χ2n) is 12.2. The molecule has 0 heterocycles. The van der Waals surface area contributed by atoms with E-state index in [0.717, 1.165) is 89.9 Å². The molecule has 0 bridgehead atoms. The highest BCUT2D eigenvalue weighted by atomic mass is 31.2. The number of hydrogen-bond acceptors (Lipinski definition) is 6. The third-order valence-corrected chi connectivity index (χ3v) is 8.01. The molecule has 0 rings (SSSR count). The highest BCUT2D eigenvalue weighted by Crippen LogP contribution is 2.36. The van der Waals surface area contributed by atoms with Gasteiger partial charge in [0.2, 0.25) is 0 Å². The van der Waals surface area contributed by atoms with E-state index in [2.05, 4.69) is 79.1 Å². The Morgan fingerprint density at radius 1 is 0.562 bits per heavy atom. The van der Waals surface area contributed by atoms with Crippen molar-refractivity contribution in [1.82, 2.24) is 0 Å². The molecule has 48 heavy (non-hydrogen) atoms. The van der Waals surface area contributed by atoms with Crippen LogP contribution >= 0.6 is 7.82 Å². The SMILES string of the molecule is CC/C=C\C/C=C\C/C=C\CCCCCCCC(=O)OC(COC(=O)CCCCCCC/C=C\C/C=C\CCCCC)COP(=O)(O)O. The Morgan fingerprint density at radius 2 is 1.00 bits per heavy atom. The van der Waals surface area contributed by atoms with Gasteiger partial charge in [0.15, 0.2) is 6.10 Å². The quantitative estimate of drug-likeness (QED) is 0.0301. The standard InChI is InChI=1S/C39H67O8P/c1-3-5-7-9-11-13-15-17-19-21-23-25-27-29-31-33-38(40)45-35-37(36-46-48(42,43)44)47-39(41)34-32-30-28-26-24-22-20-18-16-14-12-10-8-6-4-2/h6,8,11-14,17-20,37H,3-5,7,9-10,15-16,21-36H2,1-2H3,(H2,42,43,44)/b8-6-,13-11-,14-12-,19-17-,20-18-. The fraction of sp³-hybridized carbons (Fsp3) is 0.692. The van der Waals surface area contributed by atoms with Crippen molar-refractivity contribution in [2.75, 3.05) is 13.2 Å². The first-order valence-electron chi connectivity index (χ1n) is 18.6. The fourth-order valence-corrected chi connectivity index (χ4v) is 5.13. The maximum absolute atomic E-state index is 12.3. The van der Waals surface area contributed by atoms with E-state index < -0.39 is 32.5 Å². The topological polar surface area (TPSA) is 119 Å². The number of rotatable bonds is 33. The smallest absolute Gasteiger partial charge is 0.462 e. The highest BCUT2D eigenvalue weighted by molar-refractivity contribution is 7.46. The normalized spacial score (nSPS) is 13.2. The van der Waals surface area contributed by atoms with Gasteiger partial charge in [-0.05, 0) is 77.0 Å². The molecule has 0 aromatic heterocycles. The first-order valence-corrected chi connectivity index (χ1v) is 20.1. The van der Waals surface area contributed by atoms with Crippen LogP contribution in [0.4, 0.5) is 0 Å². The van der Waals surface area contributed by atoms with Gasteiger partial charge >= 0.3 is 19.8 Å². The number of esters is 2. The lowest BCUT2D eigenvalue weighted by Crippen LogP contribution is -2.29. The maximum Gasteiger partial charge on any atom is 0.469 e. The molecule has 276 valence electrons. The van der Waals surface area contributed by atoms with Gasteiger partial charge in [0.1, 0.15) is 6.61 Å². The lowest BCUT2D eigenvalue weighted by molar-refractivity contribution is -0.161. The number of hydrogen-bond donors (Lipinski definition) is 2. The number of carbonyl (C=O) groups is 2. The number of unbranched alkanes of at least 4 members (excludes halogenated alkanes) is 13. The van der Waals surface area contributed by atoms with Crippen LogP contribution in [-0.4, -0.2) is 41.0 Å². The van der Waals surface area contributed by atoms with Gasteiger partial charge in [-0.15, -0.1) is 0 Å². The largest absolute Gasteiger partial charge is 0.469 e. The van der Waals surface area contributed by atoms with Gasteiger partial charge < -0.3 is 19.3 Å². The van der Waals surface area contributed by atoms with E-state index in [4.69, 9.17) is 19.3 Å². The minimum absolute atomic E-state index is 0.187. The number of phosphoric acid groups is 1. The van der Waals surface area contributed by atoms with E-state index in [-0.39, 0.29) is 19.4 Å². The van der Waals surface area contributed by atoms with Crippen molar-refractivity contribution < 1.29 is 37.9 Å². The molecule has 9 heteroatoms. The Morgan fingerprint density at radius 3 is 1.50 bits per heavy atom. The number of phosphoric ester groups is 1. The minimum atomic E-state index is -4.76. The fourth-order valence-electron chi connectivity index (χ4n) is 4.77. The third kappa shape index (κ3) is 36.6. The van der Waals surface area contributed by atoms with Crippen molar-refractivity contribution in [3.63, 3.8) is 0 Å². The van der Waals surface area contributed by atoms with E-state index in [1.54, 1.807) is 0 Å². The van der Waals surface area contributed by atoms with Crippen LogP contribution < -0.4 is 0 Å². The molecule has 0 aromatic carbocycles. The van der Waals surface area contributed by atoms with Crippen LogP contribution in [0.5, 0.6) is 0 Å². The number of carbonyl (C=O) groups excluding carboxylic acids is 2. The van der Waals surface area contributed by atoms with Crippen molar-refractivity contribution in [2.24, 2.45) is 0 Å². The molecule has 0 amide bonds. The van der Waals surface area contributed by atoms with Crippen molar-refractivity contribution >= 4 is 19.8 Å². The molecule has 0 radical (unpaired) electrons. The highest BCUT2D eigenvalue weighted by Gasteiger charge is 2.22. The molecular formula is C39H67O8P. The molecule has 8 nitrogen and oxygen atoms in total. The van der Waals surface area contributed by atoms with Crippen LogP contribution in [0.15, 0.2) is 60.8 Å². The van der Waals surface area contributed by atoms with Gasteiger partial charge in [0.25, 0.3) is 0 Å². The summed E-state index contributed by atoms with van der Waals surface area (Å²) >= 11 is 0. The summed E-state index contributed by atoms with van der Waals surface area (Å²) in [7, 11) is -4.76. The van der Waals surface area contributed by atoms with E-state index in [0.29, 0.717) is 12.8 Å². The van der Waals surface area contributed by atoms with E-state index in [9.17, 15) is 14.2 Å². The molecule has 0 saturated carbocycles. The molecule has 0 spiro atoms. The third-order valence-electron chi connectivity index (χ3n) is 7.52. The molecule has 0 aromatic rings. The van der Waals surface area contributed by atoms with Crippen molar-refractivity contribution in [3.8, 4) is 0 Å². The molecule has 0 saturated heterocycles. The summed E-state index contributed by atoms with van der Waals surface area (Å²) in [6.45, 7) is 3.50. The summed E-state index contributed by atoms with van der Waals surface area (Å²) in [6.07, 6.45) is 42.2. The Balaban J connectivity index is 4.04. The van der Waals surface area contributed by atoms with Crippen LogP contribution in [0.25, 0.3) is 0 Å². The lowest BCUT2D eigenvalue weighted by atomic mass is 10.1. The second kappa shape index (κ2) is 34.6. The summed E-state index contributed by atoms with van der Waals surface area (Å²) in [6, 6.07) is 0. The van der Waals surface area contributed by atoms with Crippen molar-refractivity contribution in [1.29, 1.82) is 0 Å². The Hall–Kier alpha value is -2.25. The molecule has 2 N–H and O–H groups in total. The predicted octanol–water partition coefficient (Wildman–Crippen LogP) is 11.0. The van der Waals surface area contributed by atoms with E-state index >= 15 is 0 Å². The second-order valence-corrected chi connectivity index (χ2v) is 13.4.